The van der Waals surface area contributed by atoms with Crippen molar-refractivity contribution in [2.75, 3.05) is 7.05 Å². The normalized spacial score (nSPS) is 13.4. The molecule has 1 nitrogen and oxygen atoms in total. The van der Waals surface area contributed by atoms with Gasteiger partial charge in [-0.2, -0.15) is 13.2 Å². The van der Waals surface area contributed by atoms with Gasteiger partial charge in [-0.05, 0) is 25.1 Å². The molecule has 1 atom stereocenters. The highest BCUT2D eigenvalue weighted by atomic mass is 19.4. The lowest BCUT2D eigenvalue weighted by atomic mass is 10.00. The van der Waals surface area contributed by atoms with Gasteiger partial charge in [-0.3, -0.25) is 4.90 Å². The van der Waals surface area contributed by atoms with Crippen LogP contribution in [-0.4, -0.2) is 18.1 Å². The van der Waals surface area contributed by atoms with Gasteiger partial charge in [-0.15, -0.1) is 0 Å². The zero-order valence-electron chi connectivity index (χ0n) is 12.8. The highest BCUT2D eigenvalue weighted by Crippen LogP contribution is 2.33. The number of aryl methyl sites for hydroxylation is 1. The second kappa shape index (κ2) is 6.97. The quantitative estimate of drug-likeness (QED) is 0.741. The lowest BCUT2D eigenvalue weighted by Crippen LogP contribution is -2.28. The first kappa shape index (κ1) is 16.6. The molecule has 2 aromatic rings. The van der Waals surface area contributed by atoms with E-state index in [4.69, 9.17) is 0 Å². The molecule has 0 saturated heterocycles. The highest BCUT2D eigenvalue weighted by molar-refractivity contribution is 5.25. The van der Waals surface area contributed by atoms with E-state index in [0.29, 0.717) is 12.1 Å². The van der Waals surface area contributed by atoms with Crippen LogP contribution in [0.1, 0.15) is 29.2 Å². The summed E-state index contributed by atoms with van der Waals surface area (Å²) >= 11 is 0. The van der Waals surface area contributed by atoms with E-state index < -0.39 is 18.6 Å². The molecule has 0 amide bonds. The Labute approximate surface area is 129 Å². The summed E-state index contributed by atoms with van der Waals surface area (Å²) in [6.45, 7) is 2.41. The van der Waals surface area contributed by atoms with Crippen LogP contribution < -0.4 is 0 Å². The fourth-order valence-corrected chi connectivity index (χ4v) is 2.52. The molecular weight excluding hydrogens is 287 g/mol. The van der Waals surface area contributed by atoms with Crippen LogP contribution in [-0.2, 0) is 6.54 Å². The zero-order chi connectivity index (χ0) is 16.2. The molecular formula is C18H20F3N. The molecule has 0 aliphatic heterocycles. The van der Waals surface area contributed by atoms with E-state index in [9.17, 15) is 13.2 Å². The molecule has 0 N–H and O–H groups in total. The third-order valence-corrected chi connectivity index (χ3v) is 3.69. The van der Waals surface area contributed by atoms with Crippen molar-refractivity contribution in [3.05, 3.63) is 71.3 Å². The molecule has 0 spiro atoms. The molecule has 0 bridgehead atoms. The van der Waals surface area contributed by atoms with E-state index in [-0.39, 0.29) is 0 Å². The summed E-state index contributed by atoms with van der Waals surface area (Å²) in [5.41, 5.74) is 2.74. The van der Waals surface area contributed by atoms with Gasteiger partial charge < -0.3 is 0 Å². The van der Waals surface area contributed by atoms with Gasteiger partial charge in [0, 0.05) is 12.6 Å². The molecule has 2 aromatic carbocycles. The molecule has 2 rings (SSSR count). The minimum absolute atomic E-state index is 0.482. The summed E-state index contributed by atoms with van der Waals surface area (Å²) in [6, 6.07) is 16.1. The SMILES string of the molecule is Cc1ccc(C(CC(F)(F)F)N(C)Cc2ccccc2)cc1. The Morgan fingerprint density at radius 1 is 0.955 bits per heavy atom. The third kappa shape index (κ3) is 4.88. The number of rotatable bonds is 5. The van der Waals surface area contributed by atoms with Crippen molar-refractivity contribution in [3.63, 3.8) is 0 Å². The Morgan fingerprint density at radius 2 is 1.55 bits per heavy atom. The molecule has 0 aromatic heterocycles. The van der Waals surface area contributed by atoms with Gasteiger partial charge in [0.05, 0.1) is 6.42 Å². The fraction of sp³-hybridized carbons (Fsp3) is 0.333. The first-order valence-corrected chi connectivity index (χ1v) is 7.22. The predicted octanol–water partition coefficient (Wildman–Crippen LogP) is 5.12. The smallest absolute Gasteiger partial charge is 0.295 e. The summed E-state index contributed by atoms with van der Waals surface area (Å²) in [4.78, 5) is 1.76. The molecule has 0 heterocycles. The maximum Gasteiger partial charge on any atom is 0.390 e. The largest absolute Gasteiger partial charge is 0.390 e. The summed E-state index contributed by atoms with van der Waals surface area (Å²) < 4.78 is 38.8. The Hall–Kier alpha value is -1.81. The molecule has 0 aliphatic rings. The maximum absolute atomic E-state index is 12.9. The molecule has 0 aliphatic carbocycles. The molecule has 1 unspecified atom stereocenters. The van der Waals surface area contributed by atoms with Crippen molar-refractivity contribution in [2.24, 2.45) is 0 Å². The molecule has 118 valence electrons. The maximum atomic E-state index is 12.9. The predicted molar refractivity (Wildman–Crippen MR) is 82.5 cm³/mol. The summed E-state index contributed by atoms with van der Waals surface area (Å²) in [6.07, 6.45) is -5.04. The Kier molecular flexibility index (Phi) is 5.24. The third-order valence-electron chi connectivity index (χ3n) is 3.69. The second-order valence-electron chi connectivity index (χ2n) is 5.65. The van der Waals surface area contributed by atoms with E-state index in [1.807, 2.05) is 49.4 Å². The number of nitrogens with zero attached hydrogens (tertiary/aromatic N) is 1. The minimum atomic E-state index is -4.19. The number of hydrogen-bond acceptors (Lipinski definition) is 1. The second-order valence-corrected chi connectivity index (χ2v) is 5.65. The fourth-order valence-electron chi connectivity index (χ4n) is 2.52. The number of benzene rings is 2. The lowest BCUT2D eigenvalue weighted by Gasteiger charge is -2.29. The van der Waals surface area contributed by atoms with Gasteiger partial charge in [-0.1, -0.05) is 60.2 Å². The van der Waals surface area contributed by atoms with Crippen LogP contribution in [0.3, 0.4) is 0 Å². The first-order chi connectivity index (χ1) is 10.3. The monoisotopic (exact) mass is 307 g/mol. The van der Waals surface area contributed by atoms with E-state index in [1.165, 1.54) is 0 Å². The lowest BCUT2D eigenvalue weighted by molar-refractivity contribution is -0.147. The summed E-state index contributed by atoms with van der Waals surface area (Å²) in [7, 11) is 1.74. The van der Waals surface area contributed by atoms with Crippen LogP contribution in [0.25, 0.3) is 0 Å². The summed E-state index contributed by atoms with van der Waals surface area (Å²) in [5.74, 6) is 0. The number of hydrogen-bond donors (Lipinski definition) is 0. The van der Waals surface area contributed by atoms with Crippen LogP contribution in [0.15, 0.2) is 54.6 Å². The van der Waals surface area contributed by atoms with Crippen molar-refractivity contribution < 1.29 is 13.2 Å². The number of alkyl halides is 3. The molecule has 4 heteroatoms. The number of halogens is 3. The standard InChI is InChI=1S/C18H20F3N/c1-14-8-10-16(11-9-14)17(12-18(19,20)21)22(2)13-15-6-4-3-5-7-15/h3-11,17H,12-13H2,1-2H3. The van der Waals surface area contributed by atoms with Gasteiger partial charge in [-0.25, -0.2) is 0 Å². The van der Waals surface area contributed by atoms with E-state index in [0.717, 1.165) is 11.1 Å². The van der Waals surface area contributed by atoms with Crippen molar-refractivity contribution in [1.82, 2.24) is 4.90 Å². The van der Waals surface area contributed by atoms with Gasteiger partial charge in [0.2, 0.25) is 0 Å². The molecule has 22 heavy (non-hydrogen) atoms. The van der Waals surface area contributed by atoms with E-state index in [1.54, 1.807) is 24.1 Å². The van der Waals surface area contributed by atoms with Crippen LogP contribution in [0, 0.1) is 6.92 Å². The van der Waals surface area contributed by atoms with Gasteiger partial charge in [0.25, 0.3) is 0 Å². The molecule has 0 fully saturated rings. The Bertz CT molecular complexity index is 576. The van der Waals surface area contributed by atoms with Crippen LogP contribution in [0.4, 0.5) is 13.2 Å². The van der Waals surface area contributed by atoms with Crippen molar-refractivity contribution in [1.29, 1.82) is 0 Å². The summed E-state index contributed by atoms with van der Waals surface area (Å²) in [5, 5.41) is 0. The van der Waals surface area contributed by atoms with Gasteiger partial charge >= 0.3 is 6.18 Å². The van der Waals surface area contributed by atoms with Crippen molar-refractivity contribution in [2.45, 2.75) is 32.1 Å². The molecule has 0 saturated carbocycles. The van der Waals surface area contributed by atoms with Gasteiger partial charge in [0.15, 0.2) is 0 Å². The van der Waals surface area contributed by atoms with Crippen LogP contribution >= 0.6 is 0 Å². The van der Waals surface area contributed by atoms with Crippen molar-refractivity contribution >= 4 is 0 Å². The highest BCUT2D eigenvalue weighted by Gasteiger charge is 2.34. The average molecular weight is 307 g/mol. The topological polar surface area (TPSA) is 3.24 Å². The van der Waals surface area contributed by atoms with Crippen molar-refractivity contribution in [3.8, 4) is 0 Å². The first-order valence-electron chi connectivity index (χ1n) is 7.22. The van der Waals surface area contributed by atoms with E-state index in [2.05, 4.69) is 0 Å². The average Bonchev–Trinajstić information content (AvgIpc) is 2.46. The minimum Gasteiger partial charge on any atom is -0.295 e. The van der Waals surface area contributed by atoms with Gasteiger partial charge in [0.1, 0.15) is 0 Å². The molecule has 0 radical (unpaired) electrons. The van der Waals surface area contributed by atoms with E-state index >= 15 is 0 Å². The zero-order valence-corrected chi connectivity index (χ0v) is 12.8. The Morgan fingerprint density at radius 3 is 2.09 bits per heavy atom. The Balaban J connectivity index is 2.21. The van der Waals surface area contributed by atoms with Crippen LogP contribution in [0.5, 0.6) is 0 Å². The van der Waals surface area contributed by atoms with Crippen LogP contribution in [0.2, 0.25) is 0 Å².